The minimum absolute atomic E-state index is 0.0963. The molecule has 1 fully saturated rings. The maximum Gasteiger partial charge on any atom is 0.329 e. The van der Waals surface area contributed by atoms with Crippen molar-refractivity contribution >= 4 is 45.3 Å². The average Bonchev–Trinajstić information content (AvgIpc) is 3.17. The number of anilines is 2. The van der Waals surface area contributed by atoms with Crippen LogP contribution in [0.15, 0.2) is 58.1 Å². The van der Waals surface area contributed by atoms with E-state index in [4.69, 9.17) is 0 Å². The molecule has 0 aliphatic heterocycles. The van der Waals surface area contributed by atoms with Crippen LogP contribution in [-0.4, -0.2) is 24.1 Å². The molecule has 0 radical (unpaired) electrons. The van der Waals surface area contributed by atoms with Crippen LogP contribution in [-0.2, 0) is 9.59 Å². The number of carbonyl (C=O) groups excluding carboxylic acids is 2. The maximum absolute atomic E-state index is 11.9. The SMILES string of the molecule is O=C(N/N=C\c1cc(Br)ccc1Nc1ccccc1)C(=O)NC1CCCC1. The average molecular weight is 429 g/mol. The number of benzene rings is 2. The summed E-state index contributed by atoms with van der Waals surface area (Å²) >= 11 is 3.43. The Balaban J connectivity index is 1.62. The second-order valence-corrected chi connectivity index (χ2v) is 7.29. The summed E-state index contributed by atoms with van der Waals surface area (Å²) in [5.74, 6) is -1.40. The van der Waals surface area contributed by atoms with Crippen molar-refractivity contribution in [1.82, 2.24) is 10.7 Å². The first-order chi connectivity index (χ1) is 13.1. The molecule has 1 aliphatic carbocycles. The Morgan fingerprint density at radius 2 is 1.78 bits per heavy atom. The molecule has 2 aromatic rings. The van der Waals surface area contributed by atoms with Crippen LogP contribution in [0.25, 0.3) is 0 Å². The second-order valence-electron chi connectivity index (χ2n) is 6.38. The van der Waals surface area contributed by atoms with Crippen LogP contribution in [0.4, 0.5) is 11.4 Å². The quantitative estimate of drug-likeness (QED) is 0.385. The summed E-state index contributed by atoms with van der Waals surface area (Å²) in [7, 11) is 0. The highest BCUT2D eigenvalue weighted by Gasteiger charge is 2.21. The van der Waals surface area contributed by atoms with Crippen LogP contribution in [0.3, 0.4) is 0 Å². The lowest BCUT2D eigenvalue weighted by Crippen LogP contribution is -2.42. The Morgan fingerprint density at radius 3 is 2.52 bits per heavy atom. The van der Waals surface area contributed by atoms with Gasteiger partial charge in [-0.25, -0.2) is 5.43 Å². The molecule has 3 N–H and O–H groups in total. The van der Waals surface area contributed by atoms with Crippen molar-refractivity contribution in [3.8, 4) is 0 Å². The number of amides is 2. The number of carbonyl (C=O) groups is 2. The fourth-order valence-corrected chi connectivity index (χ4v) is 3.34. The van der Waals surface area contributed by atoms with Crippen LogP contribution in [0, 0.1) is 0 Å². The molecule has 0 aromatic heterocycles. The highest BCUT2D eigenvalue weighted by atomic mass is 79.9. The lowest BCUT2D eigenvalue weighted by atomic mass is 10.2. The first-order valence-electron chi connectivity index (χ1n) is 8.87. The van der Waals surface area contributed by atoms with Gasteiger partial charge in [0.25, 0.3) is 0 Å². The zero-order valence-corrected chi connectivity index (χ0v) is 16.3. The van der Waals surface area contributed by atoms with Crippen LogP contribution in [0.5, 0.6) is 0 Å². The van der Waals surface area contributed by atoms with Gasteiger partial charge in [0, 0.05) is 27.5 Å². The molecule has 140 valence electrons. The number of nitrogens with one attached hydrogen (secondary N) is 3. The van der Waals surface area contributed by atoms with Crippen LogP contribution >= 0.6 is 15.9 Å². The van der Waals surface area contributed by atoms with E-state index in [2.05, 4.69) is 37.1 Å². The lowest BCUT2D eigenvalue weighted by molar-refractivity contribution is -0.139. The molecule has 1 saturated carbocycles. The molecular weight excluding hydrogens is 408 g/mol. The molecule has 7 heteroatoms. The third-order valence-electron chi connectivity index (χ3n) is 4.33. The minimum Gasteiger partial charge on any atom is -0.355 e. The minimum atomic E-state index is -0.759. The van der Waals surface area contributed by atoms with E-state index in [1.54, 1.807) is 0 Å². The molecule has 0 bridgehead atoms. The Bertz CT molecular complexity index is 833. The monoisotopic (exact) mass is 428 g/mol. The van der Waals surface area contributed by atoms with Crippen LogP contribution in [0.1, 0.15) is 31.2 Å². The fraction of sp³-hybridized carbons (Fsp3) is 0.250. The topological polar surface area (TPSA) is 82.6 Å². The van der Waals surface area contributed by atoms with Crippen molar-refractivity contribution in [1.29, 1.82) is 0 Å². The maximum atomic E-state index is 11.9. The predicted molar refractivity (Wildman–Crippen MR) is 110 cm³/mol. The fourth-order valence-electron chi connectivity index (χ4n) is 2.96. The summed E-state index contributed by atoms with van der Waals surface area (Å²) in [6, 6.07) is 15.5. The largest absolute Gasteiger partial charge is 0.355 e. The van der Waals surface area contributed by atoms with E-state index in [-0.39, 0.29) is 6.04 Å². The number of nitrogens with zero attached hydrogens (tertiary/aromatic N) is 1. The van der Waals surface area contributed by atoms with E-state index in [1.165, 1.54) is 6.21 Å². The summed E-state index contributed by atoms with van der Waals surface area (Å²) in [6.07, 6.45) is 5.54. The van der Waals surface area contributed by atoms with Gasteiger partial charge in [-0.3, -0.25) is 9.59 Å². The molecule has 2 aromatic carbocycles. The smallest absolute Gasteiger partial charge is 0.329 e. The van der Waals surface area contributed by atoms with Crippen molar-refractivity contribution in [2.45, 2.75) is 31.7 Å². The molecule has 0 heterocycles. The third kappa shape index (κ3) is 5.65. The van der Waals surface area contributed by atoms with Gasteiger partial charge >= 0.3 is 11.8 Å². The van der Waals surface area contributed by atoms with E-state index in [9.17, 15) is 9.59 Å². The highest BCUT2D eigenvalue weighted by molar-refractivity contribution is 9.10. The lowest BCUT2D eigenvalue weighted by Gasteiger charge is -2.11. The Hall–Kier alpha value is -2.67. The molecular formula is C20H21BrN4O2. The number of hydrogen-bond acceptors (Lipinski definition) is 4. The molecule has 0 unspecified atom stereocenters. The van der Waals surface area contributed by atoms with Crippen LogP contribution in [0.2, 0.25) is 0 Å². The predicted octanol–water partition coefficient (Wildman–Crippen LogP) is 3.70. The highest BCUT2D eigenvalue weighted by Crippen LogP contribution is 2.23. The van der Waals surface area contributed by atoms with Gasteiger partial charge in [0.2, 0.25) is 0 Å². The molecule has 3 rings (SSSR count). The number of halogens is 1. The van der Waals surface area contributed by atoms with E-state index >= 15 is 0 Å². The number of hydrogen-bond donors (Lipinski definition) is 3. The summed E-state index contributed by atoms with van der Waals surface area (Å²) in [5, 5.41) is 9.97. The second kappa shape index (κ2) is 9.32. The standard InChI is InChI=1S/C20H21BrN4O2/c21-15-10-11-18(23-16-6-2-1-3-7-16)14(12-15)13-22-25-20(27)19(26)24-17-8-4-5-9-17/h1-3,6-7,10-13,17,23H,4-5,8-9H2,(H,24,26)(H,25,27)/b22-13-. The van der Waals surface area contributed by atoms with Crippen molar-refractivity contribution < 1.29 is 9.59 Å². The van der Waals surface area contributed by atoms with Gasteiger partial charge in [0.05, 0.1) is 6.21 Å². The molecule has 0 atom stereocenters. The molecule has 0 saturated heterocycles. The zero-order valence-electron chi connectivity index (χ0n) is 14.7. The van der Waals surface area contributed by atoms with Gasteiger partial charge in [-0.2, -0.15) is 5.10 Å². The summed E-state index contributed by atoms with van der Waals surface area (Å²) in [5.41, 5.74) is 4.83. The van der Waals surface area contributed by atoms with Crippen LogP contribution < -0.4 is 16.1 Å². The Kier molecular flexibility index (Phi) is 6.59. The molecule has 2 amide bonds. The molecule has 1 aliphatic rings. The molecule has 0 spiro atoms. The Morgan fingerprint density at radius 1 is 1.04 bits per heavy atom. The van der Waals surface area contributed by atoms with E-state index < -0.39 is 11.8 Å². The van der Waals surface area contributed by atoms with Gasteiger partial charge in [0.1, 0.15) is 0 Å². The number of hydrazone groups is 1. The van der Waals surface area contributed by atoms with Gasteiger partial charge in [-0.05, 0) is 43.2 Å². The third-order valence-corrected chi connectivity index (χ3v) is 4.83. The van der Waals surface area contributed by atoms with Crippen molar-refractivity contribution in [2.75, 3.05) is 5.32 Å². The molecule has 6 nitrogen and oxygen atoms in total. The summed E-state index contributed by atoms with van der Waals surface area (Å²) in [4.78, 5) is 23.8. The number of rotatable bonds is 5. The summed E-state index contributed by atoms with van der Waals surface area (Å²) in [6.45, 7) is 0. The zero-order chi connectivity index (χ0) is 19.1. The van der Waals surface area contributed by atoms with Crippen molar-refractivity contribution in [3.05, 3.63) is 58.6 Å². The normalized spacial score (nSPS) is 14.3. The van der Waals surface area contributed by atoms with E-state index in [0.29, 0.717) is 0 Å². The first kappa shape index (κ1) is 19.1. The summed E-state index contributed by atoms with van der Waals surface area (Å²) < 4.78 is 0.882. The van der Waals surface area contributed by atoms with E-state index in [1.807, 2.05) is 48.5 Å². The first-order valence-corrected chi connectivity index (χ1v) is 9.66. The van der Waals surface area contributed by atoms with Gasteiger partial charge in [-0.15, -0.1) is 0 Å². The van der Waals surface area contributed by atoms with Gasteiger partial charge < -0.3 is 10.6 Å². The molecule has 27 heavy (non-hydrogen) atoms. The van der Waals surface area contributed by atoms with E-state index in [0.717, 1.165) is 47.1 Å². The van der Waals surface area contributed by atoms with Crippen molar-refractivity contribution in [3.63, 3.8) is 0 Å². The Labute approximate surface area is 166 Å². The van der Waals surface area contributed by atoms with Gasteiger partial charge in [-0.1, -0.05) is 47.0 Å². The number of para-hydroxylation sites is 1. The van der Waals surface area contributed by atoms with Gasteiger partial charge in [0.15, 0.2) is 0 Å². The van der Waals surface area contributed by atoms with Crippen molar-refractivity contribution in [2.24, 2.45) is 5.10 Å².